The first-order valence-corrected chi connectivity index (χ1v) is 25.4. The van der Waals surface area contributed by atoms with Crippen LogP contribution in [0, 0.1) is 0 Å². The lowest BCUT2D eigenvalue weighted by atomic mass is 9.48. The topological polar surface area (TPSA) is 52.6 Å². The summed E-state index contributed by atoms with van der Waals surface area (Å²) in [6.45, 7) is 0. The molecule has 0 unspecified atom stereocenters. The Morgan fingerprint density at radius 3 is 0.571 bits per heavy atom. The minimum Gasteiger partial charge on any atom is -0.492 e. The van der Waals surface area contributed by atoms with Crippen LogP contribution >= 0.6 is 0 Å². The summed E-state index contributed by atoms with van der Waals surface area (Å²) in [6, 6.07) is 0. The molecule has 70 heavy (non-hydrogen) atoms. The van der Waals surface area contributed by atoms with Crippen LogP contribution in [0.25, 0.3) is 291 Å². The smallest absolute Gasteiger partial charge is 0.338 e. The van der Waals surface area contributed by atoms with Crippen molar-refractivity contribution in [1.82, 2.24) is 0 Å². The Morgan fingerprint density at radius 1 is 0.257 bits per heavy atom. The van der Waals surface area contributed by atoms with Gasteiger partial charge in [-0.15, -0.1) is 0 Å². The minimum atomic E-state index is -1.26. The second kappa shape index (κ2) is 5.76. The van der Waals surface area contributed by atoms with E-state index in [4.69, 9.17) is 9.47 Å². The summed E-state index contributed by atoms with van der Waals surface area (Å²) >= 11 is 0. The van der Waals surface area contributed by atoms with Crippen molar-refractivity contribution in [3.63, 3.8) is 0 Å². The van der Waals surface area contributed by atoms with Crippen LogP contribution in [-0.2, 0) is 29.9 Å². The van der Waals surface area contributed by atoms with Crippen LogP contribution in [0.4, 0.5) is 0 Å². The lowest BCUT2D eigenvalue weighted by Crippen LogP contribution is -2.54. The highest BCUT2D eigenvalue weighted by atomic mass is 16.5. The summed E-state index contributed by atoms with van der Waals surface area (Å²) in [5.74, 6) is -0.258. The molecule has 0 N–H and O–H groups in total. The zero-order valence-corrected chi connectivity index (χ0v) is 35.6. The Bertz CT molecular complexity index is 7180. The molecule has 294 valence electrons. The molecule has 0 fully saturated rings. The first-order valence-electron chi connectivity index (χ1n) is 25.4. The van der Waals surface area contributed by atoms with E-state index in [0.29, 0.717) is 5.57 Å². The number of carbonyl (C=O) groups is 2. The van der Waals surface area contributed by atoms with Gasteiger partial charge in [0.05, 0.1) is 25.2 Å². The molecule has 28 aromatic rings. The molecule has 4 heteroatoms. The molecule has 28 aromatic carbocycles. The van der Waals surface area contributed by atoms with Crippen LogP contribution in [0.3, 0.4) is 0 Å². The zero-order chi connectivity index (χ0) is 42.2. The van der Waals surface area contributed by atoms with E-state index in [0.717, 1.165) is 0 Å². The largest absolute Gasteiger partial charge is 0.492 e. The van der Waals surface area contributed by atoms with Crippen LogP contribution < -0.4 is 0 Å². The number of methoxy groups -OCH3 is 2. The quantitative estimate of drug-likeness (QED) is 0.128. The van der Waals surface area contributed by atoms with Gasteiger partial charge in [-0.2, -0.15) is 0 Å². The normalized spacial score (nSPS) is 22.6. The number of hydrogen-bond acceptors (Lipinski definition) is 4. The van der Waals surface area contributed by atoms with Gasteiger partial charge in [0.2, 0.25) is 5.78 Å². The second-order valence-electron chi connectivity index (χ2n) is 25.0. The van der Waals surface area contributed by atoms with Gasteiger partial charge in [-0.3, -0.25) is 4.79 Å². The van der Waals surface area contributed by atoms with E-state index in [1.54, 1.807) is 61.0 Å². The van der Waals surface area contributed by atoms with Gasteiger partial charge in [-0.1, -0.05) is 0 Å². The van der Waals surface area contributed by atoms with Gasteiger partial charge in [0, 0.05) is 0 Å². The number of ether oxygens (including phenoxy) is 2. The molecule has 2 spiro atoms. The maximum absolute atomic E-state index is 17.4. The molecule has 5 aliphatic carbocycles. The number of Topliss-reactive ketones (excluding diaryl/α,β-unsaturated/α-hetero) is 1. The van der Waals surface area contributed by atoms with E-state index in [-0.39, 0.29) is 11.5 Å². The van der Waals surface area contributed by atoms with E-state index in [2.05, 4.69) is 0 Å². The Labute approximate surface area is 378 Å². The summed E-state index contributed by atoms with van der Waals surface area (Å²) < 4.78 is 12.8. The molecule has 0 atom stereocenters. The van der Waals surface area contributed by atoms with Crippen molar-refractivity contribution in [2.75, 3.05) is 14.2 Å². The molecule has 4 nitrogen and oxygen atoms in total. The Kier molecular flexibility index (Phi) is 2.14. The van der Waals surface area contributed by atoms with E-state index in [1.165, 1.54) is 266 Å². The van der Waals surface area contributed by atoms with Crippen molar-refractivity contribution in [2.24, 2.45) is 0 Å². The maximum Gasteiger partial charge on any atom is 0.338 e. The van der Waals surface area contributed by atoms with E-state index < -0.39 is 16.8 Å². The van der Waals surface area contributed by atoms with E-state index in [9.17, 15) is 0 Å². The average Bonchev–Trinajstić information content (AvgIpc) is 4.23. The van der Waals surface area contributed by atoms with Crippen molar-refractivity contribution >= 4 is 303 Å². The van der Waals surface area contributed by atoms with Crippen molar-refractivity contribution in [3.05, 3.63) is 33.6 Å². The molecule has 0 amide bonds. The predicted octanol–water partition coefficient (Wildman–Crippen LogP) is 16.0. The molecular weight excluding hydrogens is 857 g/mol. The highest BCUT2D eigenvalue weighted by Crippen LogP contribution is 2.86. The molecule has 33 rings (SSSR count). The molecule has 0 saturated heterocycles. The number of rotatable bonds is 2. The fourth-order valence-corrected chi connectivity index (χ4v) is 25.1. The summed E-state index contributed by atoms with van der Waals surface area (Å²) in [6.07, 6.45) is 0. The van der Waals surface area contributed by atoms with Gasteiger partial charge >= 0.3 is 5.97 Å². The third-order valence-corrected chi connectivity index (χ3v) is 25.1. The number of esters is 1. The molecule has 0 bridgehead atoms. The number of benzene rings is 18. The summed E-state index contributed by atoms with van der Waals surface area (Å²) in [5, 5.41) is 79.2. The fourth-order valence-electron chi connectivity index (χ4n) is 25.1. The Hall–Kier alpha value is -8.86. The zero-order valence-electron chi connectivity index (χ0n) is 35.6. The monoisotopic (exact) mass is 862 g/mol. The van der Waals surface area contributed by atoms with Crippen molar-refractivity contribution < 1.29 is 19.1 Å². The summed E-state index contributed by atoms with van der Waals surface area (Å²) in [5.41, 5.74) is 2.84. The first kappa shape index (κ1) is 26.0. The highest BCUT2D eigenvalue weighted by molar-refractivity contribution is 6.82. The van der Waals surface area contributed by atoms with Gasteiger partial charge in [0.25, 0.3) is 0 Å². The predicted molar refractivity (Wildman–Crippen MR) is 285 cm³/mol. The molecule has 5 aliphatic rings. The average molecular weight is 863 g/mol. The highest BCUT2D eigenvalue weighted by Gasteiger charge is 2.79. The SMILES string of the molecule is COC(=O)C1=C(OC)C(=O)C23c4c5c6c7c8c9c(c%10c%11c2c2c4c4c%12c5c5c6c6c8c8c%13c9c9c%10c%10c%11c%11c2c2c4c4c%12c%12c5c5c6c8c6c8c%13c9c9c%10c%10c%11c2c2c4c4c%12c5c6c5c8c9c%10c2c45)C173. The number of carbonyl (C=O) groups excluding carboxylic acids is 2. The van der Waals surface area contributed by atoms with Gasteiger partial charge in [-0.05, 0) is 313 Å². The fraction of sp³-hybridized carbons (Fsp3) is 0.0606. The molecule has 0 radical (unpaired) electrons. The number of hydrogen-bond donors (Lipinski definition) is 0. The van der Waals surface area contributed by atoms with Gasteiger partial charge in [-0.25, -0.2) is 4.79 Å². The first-order chi connectivity index (χ1) is 34.7. The van der Waals surface area contributed by atoms with Crippen LogP contribution in [-0.4, -0.2) is 26.0 Å². The summed E-state index contributed by atoms with van der Waals surface area (Å²) in [4.78, 5) is 33.1. The van der Waals surface area contributed by atoms with Crippen molar-refractivity contribution in [2.45, 2.75) is 10.8 Å². The van der Waals surface area contributed by atoms with Crippen molar-refractivity contribution in [3.8, 4) is 0 Å². The second-order valence-corrected chi connectivity index (χ2v) is 25.0. The van der Waals surface area contributed by atoms with Gasteiger partial charge in [0.1, 0.15) is 5.41 Å². The summed E-state index contributed by atoms with van der Waals surface area (Å²) in [7, 11) is 3.18. The molecule has 0 aromatic heterocycles. The standard InChI is InChI=1S/C66H6O4/c1-69-62-61(64(68)70-2)65-57-49-41-31-21-13-5-3-4-7-11-9(5)17-25-19(11)29-23-15(7)16-8(4)12-10-6(3)14(13)22-28-18(10)26-20(12)30-24(16)34-33(23)43-37(29)47-39(25)45(35(41)27(17)21)51(57)53(47)59-55(43)56-44(34)38(30)48-40(26)46-36(28)42(32(22)31)50(49)58(65)52(46)54(48)60(56)66(59,65)63(62)67/h1-2H3. The molecule has 0 aliphatic heterocycles. The van der Waals surface area contributed by atoms with Gasteiger partial charge in [0.15, 0.2) is 5.76 Å². The molecule has 0 heterocycles. The van der Waals surface area contributed by atoms with Gasteiger partial charge < -0.3 is 9.47 Å². The Morgan fingerprint density at radius 2 is 0.414 bits per heavy atom. The molecule has 0 saturated carbocycles. The van der Waals surface area contributed by atoms with Crippen LogP contribution in [0.2, 0.25) is 0 Å². The Balaban J connectivity index is 1.23. The number of ketones is 1. The van der Waals surface area contributed by atoms with E-state index >= 15 is 9.59 Å². The van der Waals surface area contributed by atoms with Crippen LogP contribution in [0.1, 0.15) is 22.3 Å². The van der Waals surface area contributed by atoms with Crippen LogP contribution in [0.5, 0.6) is 0 Å². The molecular formula is C66H6O4. The lowest BCUT2D eigenvalue weighted by Gasteiger charge is -2.49. The number of allylic oxidation sites excluding steroid dienone is 1. The van der Waals surface area contributed by atoms with Crippen molar-refractivity contribution in [1.29, 1.82) is 0 Å². The lowest BCUT2D eigenvalue weighted by molar-refractivity contribution is -0.137. The third-order valence-electron chi connectivity index (χ3n) is 25.1. The third kappa shape index (κ3) is 1.30. The maximum atomic E-state index is 17.4. The minimum absolute atomic E-state index is 0.0367. The van der Waals surface area contributed by atoms with Crippen LogP contribution in [0.15, 0.2) is 11.3 Å². The van der Waals surface area contributed by atoms with E-state index in [1.807, 2.05) is 0 Å².